The Balaban J connectivity index is 2.56. The van der Waals surface area contributed by atoms with Gasteiger partial charge in [-0.3, -0.25) is 9.36 Å². The van der Waals surface area contributed by atoms with Crippen LogP contribution in [0.4, 0.5) is 0 Å². The van der Waals surface area contributed by atoms with Crippen molar-refractivity contribution < 1.29 is 14.6 Å². The molecule has 2 rings (SSSR count). The molecule has 0 radical (unpaired) electrons. The number of carbonyl (C=O) groups excluding carboxylic acids is 1. The summed E-state index contributed by atoms with van der Waals surface area (Å²) >= 11 is 3.18. The lowest BCUT2D eigenvalue weighted by molar-refractivity contribution is 0.0601. The Kier molecular flexibility index (Phi) is 6.70. The van der Waals surface area contributed by atoms with Crippen molar-refractivity contribution in [2.75, 3.05) is 24.9 Å². The molecule has 1 aromatic carbocycles. The highest BCUT2D eigenvalue weighted by molar-refractivity contribution is 8.02. The zero-order valence-electron chi connectivity index (χ0n) is 13.8. The molecule has 2 aromatic rings. The van der Waals surface area contributed by atoms with Crippen LogP contribution in [0.15, 0.2) is 28.2 Å². The van der Waals surface area contributed by atoms with Crippen LogP contribution in [-0.2, 0) is 11.3 Å². The second kappa shape index (κ2) is 8.55. The van der Waals surface area contributed by atoms with E-state index in [2.05, 4.69) is 4.98 Å². The number of nitrogens with zero attached hydrogens (tertiary/aromatic N) is 2. The van der Waals surface area contributed by atoms with Gasteiger partial charge in [0.25, 0.3) is 5.56 Å². The Morgan fingerprint density at radius 2 is 2.17 bits per heavy atom. The van der Waals surface area contributed by atoms with Crippen molar-refractivity contribution in [3.63, 3.8) is 0 Å². The fourth-order valence-corrected chi connectivity index (χ4v) is 3.86. The van der Waals surface area contributed by atoms with Gasteiger partial charge in [-0.05, 0) is 31.4 Å². The quantitative estimate of drug-likeness (QED) is 0.346. The Morgan fingerprint density at radius 3 is 2.79 bits per heavy atom. The maximum Gasteiger partial charge on any atom is 0.337 e. The third-order valence-electron chi connectivity index (χ3n) is 3.31. The smallest absolute Gasteiger partial charge is 0.337 e. The lowest BCUT2D eigenvalue weighted by Gasteiger charge is -2.14. The first-order chi connectivity index (χ1) is 11.5. The monoisotopic (exact) mass is 368 g/mol. The highest BCUT2D eigenvalue weighted by Crippen LogP contribution is 2.20. The molecule has 130 valence electrons. The molecule has 0 spiro atoms. The molecule has 0 amide bonds. The van der Waals surface area contributed by atoms with E-state index < -0.39 is 12.1 Å². The molecule has 1 N–H and O–H groups in total. The minimum atomic E-state index is -0.656. The summed E-state index contributed by atoms with van der Waals surface area (Å²) in [6.07, 6.45) is 1.36. The lowest BCUT2D eigenvalue weighted by Crippen LogP contribution is -2.28. The first-order valence-corrected chi connectivity index (χ1v) is 9.78. The third kappa shape index (κ3) is 4.31. The standard InChI is InChI=1S/C16H20N2O4S2/c1-10(19)9-18-14(20)12-5-4-11(15(21)22-2)8-13(12)17-16(18)24-7-6-23-3/h4-5,8,10,19H,6-7,9H2,1-3H3/t10-/m0/s1. The number of benzene rings is 1. The number of aromatic nitrogens is 2. The van der Waals surface area contributed by atoms with Crippen LogP contribution in [0.5, 0.6) is 0 Å². The van der Waals surface area contributed by atoms with Gasteiger partial charge in [-0.1, -0.05) is 11.8 Å². The van der Waals surface area contributed by atoms with Gasteiger partial charge in [-0.15, -0.1) is 0 Å². The number of methoxy groups -OCH3 is 1. The molecular formula is C16H20N2O4S2. The van der Waals surface area contributed by atoms with E-state index in [0.29, 0.717) is 21.6 Å². The molecule has 0 fully saturated rings. The van der Waals surface area contributed by atoms with Crippen molar-refractivity contribution in [3.8, 4) is 0 Å². The van der Waals surface area contributed by atoms with Gasteiger partial charge in [0.2, 0.25) is 0 Å². The van der Waals surface area contributed by atoms with Crippen molar-refractivity contribution in [2.24, 2.45) is 0 Å². The number of hydrogen-bond donors (Lipinski definition) is 1. The van der Waals surface area contributed by atoms with Crippen LogP contribution in [0.2, 0.25) is 0 Å². The lowest BCUT2D eigenvalue weighted by atomic mass is 10.1. The average molecular weight is 368 g/mol. The fraction of sp³-hybridized carbons (Fsp3) is 0.438. The van der Waals surface area contributed by atoms with Crippen molar-refractivity contribution in [1.29, 1.82) is 0 Å². The van der Waals surface area contributed by atoms with E-state index in [1.54, 1.807) is 36.9 Å². The van der Waals surface area contributed by atoms with Crippen molar-refractivity contribution >= 4 is 40.4 Å². The molecule has 0 aliphatic rings. The minimum absolute atomic E-state index is 0.183. The van der Waals surface area contributed by atoms with E-state index in [-0.39, 0.29) is 12.1 Å². The van der Waals surface area contributed by atoms with Gasteiger partial charge in [0.1, 0.15) is 0 Å². The molecule has 0 saturated heterocycles. The Hall–Kier alpha value is -1.51. The van der Waals surface area contributed by atoms with Crippen LogP contribution < -0.4 is 5.56 Å². The van der Waals surface area contributed by atoms with Crippen LogP contribution in [0.25, 0.3) is 10.9 Å². The largest absolute Gasteiger partial charge is 0.465 e. The van der Waals surface area contributed by atoms with Gasteiger partial charge in [0.05, 0.1) is 36.2 Å². The maximum absolute atomic E-state index is 12.7. The predicted molar refractivity (Wildman–Crippen MR) is 98.1 cm³/mol. The Morgan fingerprint density at radius 1 is 1.42 bits per heavy atom. The van der Waals surface area contributed by atoms with Gasteiger partial charge in [0, 0.05) is 11.5 Å². The molecule has 1 heterocycles. The number of hydrogen-bond acceptors (Lipinski definition) is 7. The third-order valence-corrected chi connectivity index (χ3v) is 5.16. The molecule has 1 aromatic heterocycles. The number of esters is 1. The number of thioether (sulfide) groups is 2. The van der Waals surface area contributed by atoms with E-state index in [9.17, 15) is 14.7 Å². The van der Waals surface area contributed by atoms with Crippen LogP contribution >= 0.6 is 23.5 Å². The van der Waals surface area contributed by atoms with E-state index in [0.717, 1.165) is 11.5 Å². The van der Waals surface area contributed by atoms with Crippen molar-refractivity contribution in [3.05, 3.63) is 34.1 Å². The summed E-state index contributed by atoms with van der Waals surface area (Å²) in [5, 5.41) is 10.6. The average Bonchev–Trinajstić information content (AvgIpc) is 2.56. The van der Waals surface area contributed by atoms with Crippen LogP contribution in [0.3, 0.4) is 0 Å². The van der Waals surface area contributed by atoms with Crippen molar-refractivity contribution in [2.45, 2.75) is 24.7 Å². The van der Waals surface area contributed by atoms with Gasteiger partial charge < -0.3 is 9.84 Å². The van der Waals surface area contributed by atoms with Gasteiger partial charge in [-0.2, -0.15) is 11.8 Å². The minimum Gasteiger partial charge on any atom is -0.465 e. The second-order valence-corrected chi connectivity index (χ2v) is 7.27. The molecular weight excluding hydrogens is 348 g/mol. The normalized spacial score (nSPS) is 12.3. The first kappa shape index (κ1) is 18.8. The van der Waals surface area contributed by atoms with E-state index in [4.69, 9.17) is 4.74 Å². The zero-order chi connectivity index (χ0) is 17.7. The molecule has 24 heavy (non-hydrogen) atoms. The Bertz CT molecular complexity index is 789. The van der Waals surface area contributed by atoms with Gasteiger partial charge in [-0.25, -0.2) is 9.78 Å². The summed E-state index contributed by atoms with van der Waals surface area (Å²) < 4.78 is 6.21. The zero-order valence-corrected chi connectivity index (χ0v) is 15.4. The second-order valence-electron chi connectivity index (χ2n) is 5.22. The number of fused-ring (bicyclic) bond motifs is 1. The van der Waals surface area contributed by atoms with E-state index in [1.165, 1.54) is 23.4 Å². The fourth-order valence-electron chi connectivity index (χ4n) is 2.20. The SMILES string of the molecule is COC(=O)c1ccc2c(=O)n(C[C@H](C)O)c(SCCSC)nc2c1. The Labute approximate surface area is 148 Å². The first-order valence-electron chi connectivity index (χ1n) is 7.40. The molecule has 0 unspecified atom stereocenters. The van der Waals surface area contributed by atoms with Gasteiger partial charge in [0.15, 0.2) is 5.16 Å². The number of rotatable bonds is 7. The molecule has 0 bridgehead atoms. The molecule has 0 aliphatic heterocycles. The molecule has 6 nitrogen and oxygen atoms in total. The summed E-state index contributed by atoms with van der Waals surface area (Å²) in [6.45, 7) is 1.81. The summed E-state index contributed by atoms with van der Waals surface area (Å²) in [6, 6.07) is 4.68. The van der Waals surface area contributed by atoms with E-state index in [1.807, 2.05) is 6.26 Å². The summed E-state index contributed by atoms with van der Waals surface area (Å²) in [5.41, 5.74) is 0.589. The number of ether oxygens (including phenoxy) is 1. The highest BCUT2D eigenvalue weighted by Gasteiger charge is 2.15. The van der Waals surface area contributed by atoms with Crippen LogP contribution in [0, 0.1) is 0 Å². The molecule has 8 heteroatoms. The summed E-state index contributed by atoms with van der Waals surface area (Å²) in [4.78, 5) is 29.0. The van der Waals surface area contributed by atoms with Crippen molar-refractivity contribution in [1.82, 2.24) is 9.55 Å². The molecule has 1 atom stereocenters. The van der Waals surface area contributed by atoms with E-state index >= 15 is 0 Å². The number of aliphatic hydroxyl groups excluding tert-OH is 1. The summed E-state index contributed by atoms with van der Waals surface area (Å²) in [5.74, 6) is 1.26. The van der Waals surface area contributed by atoms with Crippen LogP contribution in [0.1, 0.15) is 17.3 Å². The predicted octanol–water partition coefficient (Wildman–Crippen LogP) is 2.02. The molecule has 0 saturated carbocycles. The van der Waals surface area contributed by atoms with Gasteiger partial charge >= 0.3 is 5.97 Å². The molecule has 0 aliphatic carbocycles. The summed E-state index contributed by atoms with van der Waals surface area (Å²) in [7, 11) is 1.31. The number of carbonyl (C=O) groups is 1. The maximum atomic E-state index is 12.7. The topological polar surface area (TPSA) is 81.4 Å². The van der Waals surface area contributed by atoms with Crippen LogP contribution in [-0.4, -0.2) is 51.6 Å². The number of aliphatic hydroxyl groups is 1. The highest BCUT2D eigenvalue weighted by atomic mass is 32.2.